The highest BCUT2D eigenvalue weighted by Gasteiger charge is 2.42. The van der Waals surface area contributed by atoms with Crippen LogP contribution in [0.2, 0.25) is 0 Å². The molecule has 4 atom stereocenters. The number of hydrogen-bond donors (Lipinski definition) is 2. The number of ether oxygens (including phenoxy) is 1. The number of halogens is 1. The lowest BCUT2D eigenvalue weighted by Gasteiger charge is -2.25. The number of anilines is 1. The van der Waals surface area contributed by atoms with Crippen LogP contribution >= 0.6 is 0 Å². The molecule has 1 aromatic heterocycles. The fourth-order valence-electron chi connectivity index (χ4n) is 6.27. The summed E-state index contributed by atoms with van der Waals surface area (Å²) in [6, 6.07) is 15.9. The van der Waals surface area contributed by atoms with Gasteiger partial charge in [0.05, 0.1) is 30.5 Å². The van der Waals surface area contributed by atoms with Gasteiger partial charge in [0.2, 0.25) is 5.91 Å². The molecule has 2 aromatic carbocycles. The predicted molar refractivity (Wildman–Crippen MR) is 148 cm³/mol. The van der Waals surface area contributed by atoms with Gasteiger partial charge in [-0.1, -0.05) is 30.3 Å². The summed E-state index contributed by atoms with van der Waals surface area (Å²) in [6.07, 6.45) is 3.10. The van der Waals surface area contributed by atoms with Crippen molar-refractivity contribution in [2.45, 2.75) is 18.9 Å². The molecule has 2 amide bonds. The number of aromatic nitrogens is 2. The number of nitrogens with zero attached hydrogens (tertiary/aromatic N) is 4. The van der Waals surface area contributed by atoms with Crippen molar-refractivity contribution < 1.29 is 18.7 Å². The summed E-state index contributed by atoms with van der Waals surface area (Å²) in [4.78, 5) is 30.5. The van der Waals surface area contributed by atoms with Crippen molar-refractivity contribution in [1.29, 1.82) is 0 Å². The molecule has 6 rings (SSSR count). The zero-order valence-electron chi connectivity index (χ0n) is 22.4. The predicted octanol–water partition coefficient (Wildman–Crippen LogP) is 2.88. The SMILES string of the molecule is Nc1c(C(=O)N2CC3CN(CC[C@H](NC(=O)C4CCOC4)c4ccccc4)CC3C2)cnn1-c1ccc(F)cc1. The standard InChI is InChI=1S/C30H35FN6O3/c31-24-6-8-25(9-7-24)37-28(32)26(14-33-37)30(39)36-17-22-15-35(16-23(22)18-36)12-10-27(20-4-2-1-3-5-20)34-29(38)21-11-13-40-19-21/h1-9,14,21-23,27H,10-13,15-19,32H2,(H,34,38)/t21?,22?,23?,27-/m0/s1. The van der Waals surface area contributed by atoms with E-state index in [0.29, 0.717) is 49.4 Å². The average Bonchev–Trinajstić information content (AvgIpc) is 3.76. The smallest absolute Gasteiger partial charge is 0.259 e. The summed E-state index contributed by atoms with van der Waals surface area (Å²) in [5.41, 5.74) is 8.38. The van der Waals surface area contributed by atoms with E-state index in [1.165, 1.54) is 23.0 Å². The van der Waals surface area contributed by atoms with Gasteiger partial charge in [-0.05, 0) is 54.5 Å². The van der Waals surface area contributed by atoms with E-state index in [2.05, 4.69) is 27.4 Å². The summed E-state index contributed by atoms with van der Waals surface area (Å²) < 4.78 is 20.2. The molecule has 0 bridgehead atoms. The number of hydrogen-bond acceptors (Lipinski definition) is 6. The van der Waals surface area contributed by atoms with E-state index in [4.69, 9.17) is 10.5 Å². The molecule has 0 radical (unpaired) electrons. The van der Waals surface area contributed by atoms with E-state index >= 15 is 0 Å². The largest absolute Gasteiger partial charge is 0.383 e. The zero-order chi connectivity index (χ0) is 27.6. The minimum atomic E-state index is -0.344. The third kappa shape index (κ3) is 5.46. The minimum absolute atomic E-state index is 0.0477. The van der Waals surface area contributed by atoms with Gasteiger partial charge in [-0.3, -0.25) is 9.59 Å². The van der Waals surface area contributed by atoms with Crippen LogP contribution in [0.5, 0.6) is 0 Å². The second-order valence-electron chi connectivity index (χ2n) is 11.1. The second-order valence-corrected chi connectivity index (χ2v) is 11.1. The van der Waals surface area contributed by atoms with Gasteiger partial charge in [-0.25, -0.2) is 9.07 Å². The van der Waals surface area contributed by atoms with Crippen molar-refractivity contribution in [2.24, 2.45) is 17.8 Å². The van der Waals surface area contributed by atoms with Crippen molar-refractivity contribution in [2.75, 3.05) is 51.7 Å². The Kier molecular flexibility index (Phi) is 7.53. The Balaban J connectivity index is 1.04. The first-order chi connectivity index (χ1) is 19.5. The number of likely N-dealkylation sites (tertiary alicyclic amines) is 2. The van der Waals surface area contributed by atoms with Crippen LogP contribution in [0.1, 0.15) is 34.8 Å². The fourth-order valence-corrected chi connectivity index (χ4v) is 6.27. The number of nitrogens with one attached hydrogen (secondary N) is 1. The van der Waals surface area contributed by atoms with Crippen LogP contribution in [0, 0.1) is 23.6 Å². The molecule has 0 saturated carbocycles. The fraction of sp³-hybridized carbons (Fsp3) is 0.433. The van der Waals surface area contributed by atoms with Crippen LogP contribution in [0.15, 0.2) is 60.8 Å². The number of nitrogen functional groups attached to an aromatic ring is 1. The van der Waals surface area contributed by atoms with Crippen LogP contribution in [0.25, 0.3) is 5.69 Å². The molecule has 4 heterocycles. The van der Waals surface area contributed by atoms with Gasteiger partial charge >= 0.3 is 0 Å². The Hall–Kier alpha value is -3.76. The molecule has 0 aliphatic carbocycles. The molecule has 10 heteroatoms. The maximum Gasteiger partial charge on any atom is 0.259 e. The normalized spacial score (nSPS) is 23.3. The van der Waals surface area contributed by atoms with Gasteiger partial charge in [0.1, 0.15) is 17.2 Å². The quantitative estimate of drug-likeness (QED) is 0.450. The lowest BCUT2D eigenvalue weighted by Crippen LogP contribution is -2.37. The molecule has 3 saturated heterocycles. The molecule has 3 unspecified atom stereocenters. The van der Waals surface area contributed by atoms with E-state index in [0.717, 1.165) is 38.0 Å². The summed E-state index contributed by atoms with van der Waals surface area (Å²) in [7, 11) is 0. The van der Waals surface area contributed by atoms with Gasteiger partial charge in [0.15, 0.2) is 0 Å². The molecular weight excluding hydrogens is 511 g/mol. The lowest BCUT2D eigenvalue weighted by molar-refractivity contribution is -0.125. The number of nitrogens with two attached hydrogens (primary N) is 1. The minimum Gasteiger partial charge on any atom is -0.383 e. The molecule has 3 aliphatic heterocycles. The van der Waals surface area contributed by atoms with Crippen LogP contribution in [0.3, 0.4) is 0 Å². The van der Waals surface area contributed by atoms with E-state index in [1.54, 1.807) is 12.1 Å². The number of amides is 2. The molecular formula is C30H35FN6O3. The third-order valence-corrected chi connectivity index (χ3v) is 8.51. The van der Waals surface area contributed by atoms with Crippen molar-refractivity contribution in [3.8, 4) is 5.69 Å². The maximum absolute atomic E-state index is 13.3. The molecule has 3 fully saturated rings. The van der Waals surface area contributed by atoms with E-state index < -0.39 is 0 Å². The Morgan fingerprint density at radius 2 is 1.77 bits per heavy atom. The van der Waals surface area contributed by atoms with Gasteiger partial charge < -0.3 is 25.6 Å². The van der Waals surface area contributed by atoms with Crippen molar-refractivity contribution in [1.82, 2.24) is 24.9 Å². The van der Waals surface area contributed by atoms with E-state index in [1.807, 2.05) is 23.1 Å². The molecule has 0 spiro atoms. The number of benzene rings is 2. The highest BCUT2D eigenvalue weighted by molar-refractivity contribution is 5.98. The molecule has 3 aromatic rings. The number of carbonyl (C=O) groups excluding carboxylic acids is 2. The van der Waals surface area contributed by atoms with Crippen LogP contribution in [-0.4, -0.2) is 77.3 Å². The monoisotopic (exact) mass is 546 g/mol. The van der Waals surface area contributed by atoms with Crippen molar-refractivity contribution in [3.05, 3.63) is 77.7 Å². The van der Waals surface area contributed by atoms with Gasteiger partial charge in [-0.2, -0.15) is 5.10 Å². The summed E-state index contributed by atoms with van der Waals surface area (Å²) >= 11 is 0. The topological polar surface area (TPSA) is 106 Å². The first-order valence-corrected chi connectivity index (χ1v) is 14.0. The highest BCUT2D eigenvalue weighted by Crippen LogP contribution is 2.33. The molecule has 9 nitrogen and oxygen atoms in total. The first-order valence-electron chi connectivity index (χ1n) is 14.0. The van der Waals surface area contributed by atoms with Crippen LogP contribution in [-0.2, 0) is 9.53 Å². The van der Waals surface area contributed by atoms with Crippen LogP contribution in [0.4, 0.5) is 10.2 Å². The Morgan fingerprint density at radius 1 is 1.05 bits per heavy atom. The molecule has 3 N–H and O–H groups in total. The Morgan fingerprint density at radius 3 is 2.45 bits per heavy atom. The van der Waals surface area contributed by atoms with Gasteiger partial charge in [-0.15, -0.1) is 0 Å². The van der Waals surface area contributed by atoms with Crippen LogP contribution < -0.4 is 11.1 Å². The number of rotatable bonds is 8. The van der Waals surface area contributed by atoms with Gasteiger partial charge in [0.25, 0.3) is 5.91 Å². The number of fused-ring (bicyclic) bond motifs is 1. The summed E-state index contributed by atoms with van der Waals surface area (Å²) in [6.45, 7) is 5.22. The third-order valence-electron chi connectivity index (χ3n) is 8.51. The number of carbonyl (C=O) groups is 2. The summed E-state index contributed by atoms with van der Waals surface area (Å²) in [5.74, 6) is 0.597. The summed E-state index contributed by atoms with van der Waals surface area (Å²) in [5, 5.41) is 7.56. The zero-order valence-corrected chi connectivity index (χ0v) is 22.4. The maximum atomic E-state index is 13.3. The van der Waals surface area contributed by atoms with Crippen molar-refractivity contribution in [3.63, 3.8) is 0 Å². The highest BCUT2D eigenvalue weighted by atomic mass is 19.1. The van der Waals surface area contributed by atoms with E-state index in [9.17, 15) is 14.0 Å². The van der Waals surface area contributed by atoms with E-state index in [-0.39, 0.29) is 35.4 Å². The lowest BCUT2D eigenvalue weighted by atomic mass is 10.0. The van der Waals surface area contributed by atoms with Crippen molar-refractivity contribution >= 4 is 17.6 Å². The second kappa shape index (κ2) is 11.4. The molecule has 40 heavy (non-hydrogen) atoms. The molecule has 210 valence electrons. The van der Waals surface area contributed by atoms with Gasteiger partial charge in [0, 0.05) is 39.3 Å². The molecule has 3 aliphatic rings. The Labute approximate surface area is 233 Å². The Bertz CT molecular complexity index is 1330. The first kappa shape index (κ1) is 26.5. The average molecular weight is 547 g/mol.